The Labute approximate surface area is 203 Å². The van der Waals surface area contributed by atoms with Gasteiger partial charge in [-0.3, -0.25) is 9.69 Å². The standard InChI is InChI=1S/C25H19BrClFN2O3/c1-15-3-2-4-17(9-15)13-30-24(31)22(29-25(30)32)12-18-10-20(26)23(21(27)11-18)33-14-16-5-7-19(28)8-6-16/h2-12H,13-14H2,1H3,(H,29,32)/b22-12+. The first-order valence-corrected chi connectivity index (χ1v) is 11.2. The van der Waals surface area contributed by atoms with Crippen molar-refractivity contribution in [1.29, 1.82) is 0 Å². The molecule has 0 radical (unpaired) electrons. The van der Waals surface area contributed by atoms with Gasteiger partial charge in [0.05, 0.1) is 16.0 Å². The average Bonchev–Trinajstić information content (AvgIpc) is 3.02. The van der Waals surface area contributed by atoms with Crippen molar-refractivity contribution in [3.63, 3.8) is 0 Å². The molecule has 1 fully saturated rings. The Morgan fingerprint density at radius 3 is 2.55 bits per heavy atom. The molecule has 0 aromatic heterocycles. The fourth-order valence-electron chi connectivity index (χ4n) is 3.41. The van der Waals surface area contributed by atoms with Crippen molar-refractivity contribution in [3.8, 4) is 5.75 Å². The van der Waals surface area contributed by atoms with E-state index in [9.17, 15) is 14.0 Å². The van der Waals surface area contributed by atoms with Crippen LogP contribution in [0.5, 0.6) is 5.75 Å². The Bertz CT molecular complexity index is 1240. The minimum absolute atomic E-state index is 0.163. The molecule has 0 saturated carbocycles. The SMILES string of the molecule is Cc1cccc(CN2C(=O)N/C(=C/c3cc(Cl)c(OCc4ccc(F)cc4)c(Br)c3)C2=O)c1. The zero-order chi connectivity index (χ0) is 23.5. The number of hydrogen-bond acceptors (Lipinski definition) is 3. The molecule has 1 aliphatic rings. The second-order valence-corrected chi connectivity index (χ2v) is 8.86. The van der Waals surface area contributed by atoms with Gasteiger partial charge in [0, 0.05) is 0 Å². The lowest BCUT2D eigenvalue weighted by molar-refractivity contribution is -0.123. The largest absolute Gasteiger partial charge is 0.486 e. The summed E-state index contributed by atoms with van der Waals surface area (Å²) < 4.78 is 19.4. The van der Waals surface area contributed by atoms with Crippen LogP contribution in [-0.4, -0.2) is 16.8 Å². The maximum atomic E-state index is 13.1. The number of benzene rings is 3. The molecule has 5 nitrogen and oxygen atoms in total. The second kappa shape index (κ2) is 9.77. The molecular weight excluding hydrogens is 511 g/mol. The van der Waals surface area contributed by atoms with E-state index in [0.29, 0.717) is 20.8 Å². The lowest BCUT2D eigenvalue weighted by Gasteiger charge is -2.12. The van der Waals surface area contributed by atoms with Crippen LogP contribution in [-0.2, 0) is 17.9 Å². The topological polar surface area (TPSA) is 58.6 Å². The third kappa shape index (κ3) is 5.43. The Morgan fingerprint density at radius 2 is 1.85 bits per heavy atom. The van der Waals surface area contributed by atoms with Crippen molar-refractivity contribution in [2.75, 3.05) is 0 Å². The molecule has 0 aliphatic carbocycles. The van der Waals surface area contributed by atoms with Gasteiger partial charge in [-0.25, -0.2) is 9.18 Å². The van der Waals surface area contributed by atoms with Gasteiger partial charge in [-0.05, 0) is 69.9 Å². The summed E-state index contributed by atoms with van der Waals surface area (Å²) in [5.74, 6) is -0.308. The summed E-state index contributed by atoms with van der Waals surface area (Å²) in [7, 11) is 0. The van der Waals surface area contributed by atoms with Gasteiger partial charge in [-0.1, -0.05) is 53.6 Å². The molecule has 3 aromatic rings. The molecule has 3 amide bonds. The maximum absolute atomic E-state index is 13.1. The number of halogens is 3. The van der Waals surface area contributed by atoms with Gasteiger partial charge in [0.15, 0.2) is 5.75 Å². The molecule has 4 rings (SSSR count). The number of rotatable bonds is 6. The van der Waals surface area contributed by atoms with Gasteiger partial charge < -0.3 is 10.1 Å². The average molecular weight is 530 g/mol. The number of nitrogens with zero attached hydrogens (tertiary/aromatic N) is 1. The first kappa shape index (κ1) is 23.0. The van der Waals surface area contributed by atoms with Crippen molar-refractivity contribution in [1.82, 2.24) is 10.2 Å². The molecule has 1 heterocycles. The fraction of sp³-hybridized carbons (Fsp3) is 0.120. The van der Waals surface area contributed by atoms with E-state index >= 15 is 0 Å². The first-order chi connectivity index (χ1) is 15.8. The number of ether oxygens (including phenoxy) is 1. The van der Waals surface area contributed by atoms with Crippen molar-refractivity contribution in [2.24, 2.45) is 0 Å². The van der Waals surface area contributed by atoms with Gasteiger partial charge in [-0.15, -0.1) is 0 Å². The molecule has 0 unspecified atom stereocenters. The van der Waals surface area contributed by atoms with Crippen LogP contribution >= 0.6 is 27.5 Å². The van der Waals surface area contributed by atoms with Crippen molar-refractivity contribution < 1.29 is 18.7 Å². The molecular formula is C25H19BrClFN2O3. The Balaban J connectivity index is 1.49. The van der Waals surface area contributed by atoms with Crippen LogP contribution in [0.1, 0.15) is 22.3 Å². The number of carbonyl (C=O) groups excluding carboxylic acids is 2. The highest BCUT2D eigenvalue weighted by molar-refractivity contribution is 9.10. The second-order valence-electron chi connectivity index (χ2n) is 7.60. The zero-order valence-electron chi connectivity index (χ0n) is 17.6. The lowest BCUT2D eigenvalue weighted by Crippen LogP contribution is -2.30. The summed E-state index contributed by atoms with van der Waals surface area (Å²) in [5, 5.41) is 2.95. The summed E-state index contributed by atoms with van der Waals surface area (Å²) in [5.41, 5.74) is 3.49. The van der Waals surface area contributed by atoms with Crippen molar-refractivity contribution >= 4 is 45.5 Å². The van der Waals surface area contributed by atoms with Crippen LogP contribution in [0.3, 0.4) is 0 Å². The Morgan fingerprint density at radius 1 is 1.09 bits per heavy atom. The van der Waals surface area contributed by atoms with Crippen LogP contribution in [0.4, 0.5) is 9.18 Å². The quantitative estimate of drug-likeness (QED) is 0.305. The predicted octanol–water partition coefficient (Wildman–Crippen LogP) is 6.22. The summed E-state index contributed by atoms with van der Waals surface area (Å²) in [6.07, 6.45) is 1.57. The third-order valence-electron chi connectivity index (χ3n) is 5.01. The first-order valence-electron chi connectivity index (χ1n) is 10.1. The normalized spacial score (nSPS) is 14.7. The summed E-state index contributed by atoms with van der Waals surface area (Å²) >= 11 is 9.84. The van der Waals surface area contributed by atoms with Gasteiger partial charge >= 0.3 is 6.03 Å². The van der Waals surface area contributed by atoms with E-state index in [0.717, 1.165) is 21.6 Å². The fourth-order valence-corrected chi connectivity index (χ4v) is 4.40. The minimum Gasteiger partial charge on any atom is -0.486 e. The van der Waals surface area contributed by atoms with E-state index in [4.69, 9.17) is 16.3 Å². The lowest BCUT2D eigenvalue weighted by atomic mass is 10.1. The van der Waals surface area contributed by atoms with Crippen LogP contribution in [0.2, 0.25) is 5.02 Å². The molecule has 0 bridgehead atoms. The minimum atomic E-state index is -0.475. The number of hydrogen-bond donors (Lipinski definition) is 1. The number of carbonyl (C=O) groups is 2. The van der Waals surface area contributed by atoms with Crippen LogP contribution in [0.15, 0.2) is 70.8 Å². The van der Waals surface area contributed by atoms with E-state index in [1.165, 1.54) is 12.1 Å². The Hall–Kier alpha value is -3.16. The molecule has 33 heavy (non-hydrogen) atoms. The van der Waals surface area contributed by atoms with Gasteiger partial charge in [-0.2, -0.15) is 0 Å². The molecule has 0 atom stereocenters. The van der Waals surface area contributed by atoms with Gasteiger partial charge in [0.2, 0.25) is 0 Å². The Kier molecular flexibility index (Phi) is 6.81. The predicted molar refractivity (Wildman–Crippen MR) is 128 cm³/mol. The van der Waals surface area contributed by atoms with E-state index < -0.39 is 11.9 Å². The zero-order valence-corrected chi connectivity index (χ0v) is 19.9. The highest BCUT2D eigenvalue weighted by atomic mass is 79.9. The number of imide groups is 1. The van der Waals surface area contributed by atoms with Crippen LogP contribution < -0.4 is 10.1 Å². The molecule has 1 aliphatic heterocycles. The number of aryl methyl sites for hydroxylation is 1. The highest BCUT2D eigenvalue weighted by Crippen LogP contribution is 2.36. The molecule has 168 valence electrons. The van der Waals surface area contributed by atoms with E-state index in [1.54, 1.807) is 30.3 Å². The summed E-state index contributed by atoms with van der Waals surface area (Å²) in [6, 6.07) is 16.5. The van der Waals surface area contributed by atoms with Gasteiger partial charge in [0.1, 0.15) is 18.1 Å². The summed E-state index contributed by atoms with van der Waals surface area (Å²) in [6.45, 7) is 2.35. The smallest absolute Gasteiger partial charge is 0.329 e. The molecule has 1 N–H and O–H groups in total. The molecule has 0 spiro atoms. The number of nitrogens with one attached hydrogen (secondary N) is 1. The van der Waals surface area contributed by atoms with Crippen LogP contribution in [0.25, 0.3) is 6.08 Å². The highest BCUT2D eigenvalue weighted by Gasteiger charge is 2.33. The third-order valence-corrected chi connectivity index (χ3v) is 5.88. The van der Waals surface area contributed by atoms with Crippen molar-refractivity contribution in [3.05, 3.63) is 104 Å². The summed E-state index contributed by atoms with van der Waals surface area (Å²) in [4.78, 5) is 26.3. The number of urea groups is 1. The molecule has 1 saturated heterocycles. The van der Waals surface area contributed by atoms with Crippen LogP contribution in [0, 0.1) is 12.7 Å². The molecule has 8 heteroatoms. The molecule has 3 aromatic carbocycles. The van der Waals surface area contributed by atoms with E-state index in [2.05, 4.69) is 21.2 Å². The van der Waals surface area contributed by atoms with Crippen molar-refractivity contribution in [2.45, 2.75) is 20.1 Å². The van der Waals surface area contributed by atoms with E-state index in [-0.39, 0.29) is 24.7 Å². The van der Waals surface area contributed by atoms with Gasteiger partial charge in [0.25, 0.3) is 5.91 Å². The van der Waals surface area contributed by atoms with E-state index in [1.807, 2.05) is 31.2 Å². The monoisotopic (exact) mass is 528 g/mol. The maximum Gasteiger partial charge on any atom is 0.329 e. The number of amides is 3.